The molecule has 0 bridgehead atoms. The van der Waals surface area contributed by atoms with Crippen molar-refractivity contribution in [2.75, 3.05) is 19.6 Å². The Hall–Kier alpha value is -1.36. The first-order valence-electron chi connectivity index (χ1n) is 8.91. The molecule has 3 nitrogen and oxygen atoms in total. The van der Waals surface area contributed by atoms with Gasteiger partial charge in [0.1, 0.15) is 0 Å². The number of amides is 1. The summed E-state index contributed by atoms with van der Waals surface area (Å²) >= 11 is 7.93. The summed E-state index contributed by atoms with van der Waals surface area (Å²) in [5, 5.41) is 5.88. The zero-order valence-electron chi connectivity index (χ0n) is 14.6. The van der Waals surface area contributed by atoms with E-state index in [2.05, 4.69) is 34.7 Å². The Kier molecular flexibility index (Phi) is 6.51. The van der Waals surface area contributed by atoms with E-state index in [0.29, 0.717) is 18.0 Å². The number of halogens is 1. The van der Waals surface area contributed by atoms with E-state index >= 15 is 0 Å². The highest BCUT2D eigenvalue weighted by molar-refractivity contribution is 7.10. The van der Waals surface area contributed by atoms with Crippen LogP contribution in [0.5, 0.6) is 0 Å². The average molecular weight is 377 g/mol. The van der Waals surface area contributed by atoms with E-state index in [1.54, 1.807) is 11.3 Å². The molecule has 25 heavy (non-hydrogen) atoms. The van der Waals surface area contributed by atoms with E-state index in [9.17, 15) is 4.79 Å². The SMILES string of the molecule is CC1CCN(C(CNC(=O)Cc2ccccc2Cl)c2cccs2)CC1. The molecule has 1 atom stereocenters. The van der Waals surface area contributed by atoms with Gasteiger partial charge in [-0.1, -0.05) is 42.8 Å². The highest BCUT2D eigenvalue weighted by Gasteiger charge is 2.25. The second-order valence-corrected chi connectivity index (χ2v) is 8.21. The van der Waals surface area contributed by atoms with E-state index in [1.165, 1.54) is 17.7 Å². The van der Waals surface area contributed by atoms with Gasteiger partial charge in [0.2, 0.25) is 5.91 Å². The van der Waals surface area contributed by atoms with Crippen LogP contribution < -0.4 is 5.32 Å². The molecule has 1 aliphatic rings. The Morgan fingerprint density at radius 1 is 1.28 bits per heavy atom. The zero-order chi connectivity index (χ0) is 17.6. The molecule has 5 heteroatoms. The molecule has 1 aromatic heterocycles. The van der Waals surface area contributed by atoms with E-state index in [0.717, 1.165) is 24.6 Å². The van der Waals surface area contributed by atoms with Crippen LogP contribution >= 0.6 is 22.9 Å². The minimum atomic E-state index is 0.0278. The van der Waals surface area contributed by atoms with Gasteiger partial charge >= 0.3 is 0 Å². The number of rotatable bonds is 6. The average Bonchev–Trinajstić information content (AvgIpc) is 3.13. The highest BCUT2D eigenvalue weighted by atomic mass is 35.5. The molecule has 3 rings (SSSR count). The summed E-state index contributed by atoms with van der Waals surface area (Å²) in [6.45, 7) is 5.18. The lowest BCUT2D eigenvalue weighted by Gasteiger charge is -2.36. The van der Waals surface area contributed by atoms with Gasteiger partial charge in [-0.3, -0.25) is 9.69 Å². The molecule has 134 valence electrons. The monoisotopic (exact) mass is 376 g/mol. The number of hydrogen-bond donors (Lipinski definition) is 1. The van der Waals surface area contributed by atoms with Gasteiger partial charge in [0.05, 0.1) is 12.5 Å². The maximum atomic E-state index is 12.4. The number of carbonyl (C=O) groups excluding carboxylic acids is 1. The minimum absolute atomic E-state index is 0.0278. The number of piperidine rings is 1. The zero-order valence-corrected chi connectivity index (χ0v) is 16.2. The van der Waals surface area contributed by atoms with Crippen LogP contribution in [0.2, 0.25) is 5.02 Å². The van der Waals surface area contributed by atoms with Crippen LogP contribution in [0.25, 0.3) is 0 Å². The third kappa shape index (κ3) is 5.06. The molecule has 1 N–H and O–H groups in total. The molecule has 0 spiro atoms. The maximum Gasteiger partial charge on any atom is 0.224 e. The number of hydrogen-bond acceptors (Lipinski definition) is 3. The molecule has 0 radical (unpaired) electrons. The molecule has 1 aliphatic heterocycles. The fourth-order valence-corrected chi connectivity index (χ4v) is 4.38. The van der Waals surface area contributed by atoms with Crippen molar-refractivity contribution < 1.29 is 4.79 Å². The number of likely N-dealkylation sites (tertiary alicyclic amines) is 1. The molecule has 2 aromatic rings. The van der Waals surface area contributed by atoms with E-state index < -0.39 is 0 Å². The van der Waals surface area contributed by atoms with Crippen LogP contribution in [0.1, 0.15) is 36.2 Å². The third-order valence-corrected chi connectivity index (χ3v) is 6.27. The van der Waals surface area contributed by atoms with Crippen molar-refractivity contribution in [2.24, 2.45) is 5.92 Å². The number of nitrogens with zero attached hydrogens (tertiary/aromatic N) is 1. The summed E-state index contributed by atoms with van der Waals surface area (Å²) in [6.07, 6.45) is 2.79. The summed E-state index contributed by atoms with van der Waals surface area (Å²) in [6, 6.07) is 12.1. The number of nitrogens with one attached hydrogen (secondary N) is 1. The predicted molar refractivity (Wildman–Crippen MR) is 105 cm³/mol. The van der Waals surface area contributed by atoms with Gasteiger partial charge in [0.25, 0.3) is 0 Å². The fraction of sp³-hybridized carbons (Fsp3) is 0.450. The van der Waals surface area contributed by atoms with Crippen molar-refractivity contribution in [1.82, 2.24) is 10.2 Å². The lowest BCUT2D eigenvalue weighted by atomic mass is 9.97. The van der Waals surface area contributed by atoms with E-state index in [1.807, 2.05) is 24.3 Å². The standard InChI is InChI=1S/C20H25ClN2OS/c1-15-8-10-23(11-9-15)18(19-7-4-12-25-19)14-22-20(24)13-16-5-2-3-6-17(16)21/h2-7,12,15,18H,8-11,13-14H2,1H3,(H,22,24). The number of carbonyl (C=O) groups is 1. The van der Waals surface area contributed by atoms with Crippen molar-refractivity contribution in [3.05, 3.63) is 57.2 Å². The van der Waals surface area contributed by atoms with Gasteiger partial charge in [-0.25, -0.2) is 0 Å². The molecule has 0 aliphatic carbocycles. The summed E-state index contributed by atoms with van der Waals surface area (Å²) in [4.78, 5) is 16.2. The second-order valence-electron chi connectivity index (χ2n) is 6.82. The van der Waals surface area contributed by atoms with E-state index in [-0.39, 0.29) is 11.9 Å². The molecule has 2 heterocycles. The van der Waals surface area contributed by atoms with Crippen LogP contribution in [-0.2, 0) is 11.2 Å². The van der Waals surface area contributed by atoms with Gasteiger partial charge in [0.15, 0.2) is 0 Å². The summed E-state index contributed by atoms with van der Waals surface area (Å²) < 4.78 is 0. The molecule has 1 unspecified atom stereocenters. The smallest absolute Gasteiger partial charge is 0.224 e. The summed E-state index contributed by atoms with van der Waals surface area (Å²) in [7, 11) is 0. The Morgan fingerprint density at radius 2 is 2.04 bits per heavy atom. The quantitative estimate of drug-likeness (QED) is 0.803. The van der Waals surface area contributed by atoms with Crippen molar-refractivity contribution in [2.45, 2.75) is 32.2 Å². The molecule has 1 aromatic carbocycles. The van der Waals surface area contributed by atoms with Gasteiger partial charge in [-0.2, -0.15) is 0 Å². The lowest BCUT2D eigenvalue weighted by molar-refractivity contribution is -0.120. The molecule has 1 fully saturated rings. The second kappa shape index (κ2) is 8.84. The van der Waals surface area contributed by atoms with Crippen LogP contribution in [0.3, 0.4) is 0 Å². The Bertz CT molecular complexity index is 681. The van der Waals surface area contributed by atoms with Crippen LogP contribution in [-0.4, -0.2) is 30.4 Å². The molecular weight excluding hydrogens is 352 g/mol. The highest BCUT2D eigenvalue weighted by Crippen LogP contribution is 2.29. The van der Waals surface area contributed by atoms with Crippen molar-refractivity contribution in [3.63, 3.8) is 0 Å². The van der Waals surface area contributed by atoms with Gasteiger partial charge in [0, 0.05) is 16.4 Å². The lowest BCUT2D eigenvalue weighted by Crippen LogP contribution is -2.42. The molecule has 1 saturated heterocycles. The Morgan fingerprint density at radius 3 is 2.72 bits per heavy atom. The first-order chi connectivity index (χ1) is 12.1. The topological polar surface area (TPSA) is 32.3 Å². The fourth-order valence-electron chi connectivity index (χ4n) is 3.32. The third-order valence-electron chi connectivity index (χ3n) is 4.93. The van der Waals surface area contributed by atoms with Crippen LogP contribution in [0.15, 0.2) is 41.8 Å². The first kappa shape index (κ1) is 18.4. The summed E-state index contributed by atoms with van der Waals surface area (Å²) in [5.41, 5.74) is 0.876. The van der Waals surface area contributed by atoms with Gasteiger partial charge in [-0.05, 0) is 54.9 Å². The van der Waals surface area contributed by atoms with Crippen LogP contribution in [0, 0.1) is 5.92 Å². The molecule has 1 amide bonds. The van der Waals surface area contributed by atoms with Crippen molar-refractivity contribution in [3.8, 4) is 0 Å². The molecular formula is C20H25ClN2OS. The largest absolute Gasteiger partial charge is 0.354 e. The van der Waals surface area contributed by atoms with Gasteiger partial charge in [-0.15, -0.1) is 11.3 Å². The summed E-state index contributed by atoms with van der Waals surface area (Å²) in [5.74, 6) is 0.829. The van der Waals surface area contributed by atoms with Crippen molar-refractivity contribution >= 4 is 28.8 Å². The number of benzene rings is 1. The molecule has 0 saturated carbocycles. The predicted octanol–water partition coefficient (Wildman–Crippen LogP) is 4.53. The maximum absolute atomic E-state index is 12.4. The van der Waals surface area contributed by atoms with Gasteiger partial charge < -0.3 is 5.32 Å². The first-order valence-corrected chi connectivity index (χ1v) is 10.2. The minimum Gasteiger partial charge on any atom is -0.354 e. The Balaban J connectivity index is 1.61. The number of thiophene rings is 1. The van der Waals surface area contributed by atoms with E-state index in [4.69, 9.17) is 11.6 Å². The Labute approximate surface area is 159 Å². The van der Waals surface area contributed by atoms with Crippen LogP contribution in [0.4, 0.5) is 0 Å². The normalized spacial score (nSPS) is 17.4. The van der Waals surface area contributed by atoms with Crippen molar-refractivity contribution in [1.29, 1.82) is 0 Å².